The second kappa shape index (κ2) is 8.05. The largest absolute Gasteiger partial charge is 0.330 e. The molecule has 3 aliphatic rings. The van der Waals surface area contributed by atoms with E-state index in [2.05, 4.69) is 73.7 Å². The third-order valence-electron chi connectivity index (χ3n) is 5.98. The molecule has 1 saturated heterocycles. The number of amidine groups is 2. The number of aliphatic imine (C=N–C) groups is 2. The van der Waals surface area contributed by atoms with Crippen LogP contribution in [0.25, 0.3) is 0 Å². The van der Waals surface area contributed by atoms with Gasteiger partial charge in [-0.3, -0.25) is 9.98 Å². The minimum absolute atomic E-state index is 0.0133. The van der Waals surface area contributed by atoms with Gasteiger partial charge in [0.05, 0.1) is 16.9 Å². The predicted molar refractivity (Wildman–Crippen MR) is 119 cm³/mol. The van der Waals surface area contributed by atoms with Gasteiger partial charge >= 0.3 is 0 Å². The third kappa shape index (κ3) is 3.23. The summed E-state index contributed by atoms with van der Waals surface area (Å²) in [4.78, 5) is 14.2. The van der Waals surface area contributed by atoms with Crippen LogP contribution < -0.4 is 0 Å². The molecule has 0 radical (unpaired) electrons. The second-order valence-corrected chi connectivity index (χ2v) is 9.53. The van der Waals surface area contributed by atoms with Crippen molar-refractivity contribution in [3.8, 4) is 0 Å². The number of allylic oxidation sites excluding steroid dienone is 4. The van der Waals surface area contributed by atoms with E-state index >= 15 is 0 Å². The van der Waals surface area contributed by atoms with Crippen molar-refractivity contribution in [2.75, 3.05) is 7.05 Å². The summed E-state index contributed by atoms with van der Waals surface area (Å²) < 4.78 is 13.9. The Bertz CT molecular complexity index is 764. The molecule has 0 aromatic rings. The Morgan fingerprint density at radius 1 is 1.14 bits per heavy atom. The van der Waals surface area contributed by atoms with E-state index in [1.807, 2.05) is 14.0 Å². The molecule has 154 valence electrons. The highest BCUT2D eigenvalue weighted by Crippen LogP contribution is 2.52. The van der Waals surface area contributed by atoms with Crippen molar-refractivity contribution in [2.45, 2.75) is 77.4 Å². The lowest BCUT2D eigenvalue weighted by Gasteiger charge is -2.49. The highest BCUT2D eigenvalue weighted by atomic mass is 32.2. The molecule has 2 aliphatic heterocycles. The van der Waals surface area contributed by atoms with Crippen molar-refractivity contribution in [1.82, 2.24) is 9.80 Å². The van der Waals surface area contributed by atoms with Gasteiger partial charge in [0.1, 0.15) is 6.17 Å². The van der Waals surface area contributed by atoms with Crippen LogP contribution in [0.5, 0.6) is 0 Å². The SMILES string of the molecule is C/N=C1\C(=N/C(C)C)N2C3=C(/C=C\CC/C=C\3)C(C)(SF)C(C)C2N1C(C)C. The predicted octanol–water partition coefficient (Wildman–Crippen LogP) is 5.36. The van der Waals surface area contributed by atoms with Gasteiger partial charge in [-0.05, 0) is 59.1 Å². The Morgan fingerprint density at radius 2 is 1.79 bits per heavy atom. The molecule has 3 atom stereocenters. The Kier molecular flexibility index (Phi) is 6.08. The average Bonchev–Trinajstić information content (AvgIpc) is 2.93. The van der Waals surface area contributed by atoms with Gasteiger partial charge in [0.2, 0.25) is 0 Å². The average molecular weight is 405 g/mol. The highest BCUT2D eigenvalue weighted by molar-refractivity contribution is 7.95. The first-order valence-electron chi connectivity index (χ1n) is 10.3. The van der Waals surface area contributed by atoms with Crippen molar-refractivity contribution >= 4 is 23.8 Å². The van der Waals surface area contributed by atoms with E-state index in [4.69, 9.17) is 4.99 Å². The molecular formula is C22H33FN4S. The van der Waals surface area contributed by atoms with Gasteiger partial charge in [-0.25, -0.2) is 0 Å². The number of fused-ring (bicyclic) bond motifs is 2. The molecule has 3 unspecified atom stereocenters. The van der Waals surface area contributed by atoms with Crippen molar-refractivity contribution in [3.63, 3.8) is 0 Å². The van der Waals surface area contributed by atoms with Gasteiger partial charge in [-0.1, -0.05) is 25.2 Å². The molecule has 0 amide bonds. The zero-order valence-corrected chi connectivity index (χ0v) is 18.9. The Hall–Kier alpha value is -1.56. The molecule has 1 aliphatic carbocycles. The molecule has 0 saturated carbocycles. The van der Waals surface area contributed by atoms with Crippen molar-refractivity contribution in [1.29, 1.82) is 0 Å². The minimum atomic E-state index is -0.631. The molecular weight excluding hydrogens is 371 g/mol. The quantitative estimate of drug-likeness (QED) is 0.634. The van der Waals surface area contributed by atoms with E-state index in [9.17, 15) is 3.89 Å². The number of nitrogens with zero attached hydrogens (tertiary/aromatic N) is 4. The smallest absolute Gasteiger partial charge is 0.173 e. The minimum Gasteiger partial charge on any atom is -0.330 e. The lowest BCUT2D eigenvalue weighted by Crippen LogP contribution is -2.56. The number of halogens is 1. The van der Waals surface area contributed by atoms with Crippen LogP contribution >= 0.6 is 12.1 Å². The molecule has 28 heavy (non-hydrogen) atoms. The molecule has 0 N–H and O–H groups in total. The van der Waals surface area contributed by atoms with Crippen LogP contribution in [0, 0.1) is 5.92 Å². The molecule has 2 heterocycles. The number of rotatable bonds is 3. The molecule has 0 aromatic carbocycles. The first-order chi connectivity index (χ1) is 13.3. The fourth-order valence-corrected chi connectivity index (χ4v) is 5.00. The number of hydrogen-bond acceptors (Lipinski definition) is 3. The van der Waals surface area contributed by atoms with E-state index in [0.29, 0.717) is 12.1 Å². The summed E-state index contributed by atoms with van der Waals surface area (Å²) in [6.07, 6.45) is 10.6. The standard InChI is InChI=1S/C22H33FN4S/c1-14(2)25-20-19(24-7)26(15(3)4)21-16(5)22(6,28-23)17-12-10-8-9-11-13-18(17)27(20)21/h10-16,21H,8-9H2,1-7H3/b12-10-,13-11-,24-19+,25-20+. The molecule has 0 bridgehead atoms. The molecule has 0 aromatic heterocycles. The summed E-state index contributed by atoms with van der Waals surface area (Å²) in [7, 11) is 1.83. The van der Waals surface area contributed by atoms with Crippen molar-refractivity contribution in [3.05, 3.63) is 35.6 Å². The van der Waals surface area contributed by atoms with E-state index in [-0.39, 0.29) is 24.2 Å². The summed E-state index contributed by atoms with van der Waals surface area (Å²) in [5.74, 6) is 1.85. The van der Waals surface area contributed by atoms with Gasteiger partial charge in [-0.15, -0.1) is 0 Å². The summed E-state index contributed by atoms with van der Waals surface area (Å²) in [6.45, 7) is 12.7. The van der Waals surface area contributed by atoms with E-state index in [1.165, 1.54) is 0 Å². The lowest BCUT2D eigenvalue weighted by atomic mass is 9.79. The zero-order chi connectivity index (χ0) is 20.6. The highest BCUT2D eigenvalue weighted by Gasteiger charge is 2.56. The molecule has 4 nitrogen and oxygen atoms in total. The van der Waals surface area contributed by atoms with Crippen LogP contribution in [0.4, 0.5) is 3.89 Å². The second-order valence-electron chi connectivity index (χ2n) is 8.53. The van der Waals surface area contributed by atoms with Crippen molar-refractivity contribution < 1.29 is 3.89 Å². The lowest BCUT2D eigenvalue weighted by molar-refractivity contribution is 0.103. The van der Waals surface area contributed by atoms with E-state index in [0.717, 1.165) is 35.8 Å². The van der Waals surface area contributed by atoms with Gasteiger partial charge in [0.25, 0.3) is 0 Å². The van der Waals surface area contributed by atoms with Gasteiger partial charge < -0.3 is 9.80 Å². The molecule has 6 heteroatoms. The van der Waals surface area contributed by atoms with Crippen molar-refractivity contribution in [2.24, 2.45) is 15.9 Å². The first kappa shape index (κ1) is 21.2. The molecule has 3 rings (SSSR count). The third-order valence-corrected chi connectivity index (χ3v) is 6.89. The fraction of sp³-hybridized carbons (Fsp3) is 0.636. The van der Waals surface area contributed by atoms with Crippen LogP contribution in [-0.2, 0) is 0 Å². The van der Waals surface area contributed by atoms with Crippen LogP contribution in [-0.4, -0.2) is 51.5 Å². The van der Waals surface area contributed by atoms with Crippen LogP contribution in [0.3, 0.4) is 0 Å². The van der Waals surface area contributed by atoms with Gasteiger partial charge in [0, 0.05) is 30.7 Å². The fourth-order valence-electron chi connectivity index (χ4n) is 4.48. The maximum Gasteiger partial charge on any atom is 0.173 e. The Balaban J connectivity index is 2.34. The zero-order valence-electron chi connectivity index (χ0n) is 18.1. The van der Waals surface area contributed by atoms with Crippen LogP contribution in [0.2, 0.25) is 0 Å². The summed E-state index contributed by atoms with van der Waals surface area (Å²) in [5, 5.41) is 0. The topological polar surface area (TPSA) is 31.2 Å². The Morgan fingerprint density at radius 3 is 2.32 bits per heavy atom. The summed E-state index contributed by atoms with van der Waals surface area (Å²) in [5.41, 5.74) is 2.09. The van der Waals surface area contributed by atoms with Gasteiger partial charge in [-0.2, -0.15) is 3.89 Å². The Labute approximate surface area is 173 Å². The normalized spacial score (nSPS) is 35.5. The van der Waals surface area contributed by atoms with Crippen LogP contribution in [0.1, 0.15) is 54.4 Å². The number of hydrogen-bond donors (Lipinski definition) is 0. The first-order valence-corrected chi connectivity index (χ1v) is 11.0. The molecule has 1 fully saturated rings. The summed E-state index contributed by atoms with van der Waals surface area (Å²) in [6, 6.07) is 0.383. The summed E-state index contributed by atoms with van der Waals surface area (Å²) >= 11 is 0.468. The maximum atomic E-state index is 14.5. The van der Waals surface area contributed by atoms with Crippen LogP contribution in [0.15, 0.2) is 45.6 Å². The molecule has 0 spiro atoms. The van der Waals surface area contributed by atoms with Gasteiger partial charge in [0.15, 0.2) is 11.7 Å². The maximum absolute atomic E-state index is 14.5. The van der Waals surface area contributed by atoms with E-state index < -0.39 is 4.75 Å². The van der Waals surface area contributed by atoms with E-state index in [1.54, 1.807) is 0 Å². The monoisotopic (exact) mass is 404 g/mol.